The highest BCUT2D eigenvalue weighted by Gasteiger charge is 2.24. The summed E-state index contributed by atoms with van der Waals surface area (Å²) in [6, 6.07) is 2.65. The van der Waals surface area contributed by atoms with Crippen molar-refractivity contribution in [2.75, 3.05) is 20.1 Å². The van der Waals surface area contributed by atoms with Gasteiger partial charge in [-0.3, -0.25) is 9.48 Å². The second kappa shape index (κ2) is 7.95. The number of nitrogens with one attached hydrogen (secondary N) is 1. The van der Waals surface area contributed by atoms with Gasteiger partial charge in [-0.15, -0.1) is 0 Å². The van der Waals surface area contributed by atoms with Gasteiger partial charge in [0.1, 0.15) is 5.69 Å². The lowest BCUT2D eigenvalue weighted by molar-refractivity contribution is 0.0699. The van der Waals surface area contributed by atoms with Crippen LogP contribution in [0.15, 0.2) is 12.3 Å². The molecule has 1 aliphatic heterocycles. The molecule has 1 aromatic rings. The standard InChI is InChI=1S/C18H30N4O/c1-21(15-8-5-3-2-4-6-9-15)18(23)17-11-13-22(20-17)16-10-7-12-19-14-16/h11,13,15-16,19H,2-10,12,14H2,1H3. The van der Waals surface area contributed by atoms with Gasteiger partial charge in [-0.1, -0.05) is 32.1 Å². The summed E-state index contributed by atoms with van der Waals surface area (Å²) in [5, 5.41) is 7.98. The van der Waals surface area contributed by atoms with Crippen LogP contribution in [-0.4, -0.2) is 46.8 Å². The highest BCUT2D eigenvalue weighted by atomic mass is 16.2. The molecule has 23 heavy (non-hydrogen) atoms. The van der Waals surface area contributed by atoms with E-state index in [9.17, 15) is 4.79 Å². The average molecular weight is 318 g/mol. The Bertz CT molecular complexity index is 499. The Balaban J connectivity index is 1.63. The Morgan fingerprint density at radius 3 is 2.61 bits per heavy atom. The quantitative estimate of drug-likeness (QED) is 0.932. The van der Waals surface area contributed by atoms with Crippen LogP contribution in [0.4, 0.5) is 0 Å². The first-order valence-corrected chi connectivity index (χ1v) is 9.29. The molecule has 0 bridgehead atoms. The lowest BCUT2D eigenvalue weighted by Crippen LogP contribution is -2.38. The molecule has 0 spiro atoms. The van der Waals surface area contributed by atoms with Crippen molar-refractivity contribution in [2.45, 2.75) is 69.9 Å². The maximum atomic E-state index is 12.8. The van der Waals surface area contributed by atoms with Crippen molar-refractivity contribution in [3.8, 4) is 0 Å². The van der Waals surface area contributed by atoms with Crippen molar-refractivity contribution < 1.29 is 4.79 Å². The maximum absolute atomic E-state index is 12.8. The van der Waals surface area contributed by atoms with Crippen LogP contribution in [-0.2, 0) is 0 Å². The Morgan fingerprint density at radius 2 is 1.91 bits per heavy atom. The van der Waals surface area contributed by atoms with Crippen molar-refractivity contribution in [3.05, 3.63) is 18.0 Å². The number of amides is 1. The van der Waals surface area contributed by atoms with E-state index < -0.39 is 0 Å². The number of hydrogen-bond donors (Lipinski definition) is 1. The molecule has 128 valence electrons. The highest BCUT2D eigenvalue weighted by molar-refractivity contribution is 5.92. The Hall–Kier alpha value is -1.36. The van der Waals surface area contributed by atoms with Crippen molar-refractivity contribution in [1.82, 2.24) is 20.0 Å². The molecule has 5 heteroatoms. The van der Waals surface area contributed by atoms with E-state index in [2.05, 4.69) is 10.4 Å². The molecule has 0 aromatic carbocycles. The fourth-order valence-electron chi connectivity index (χ4n) is 3.88. The molecule has 5 nitrogen and oxygen atoms in total. The molecule has 2 fully saturated rings. The molecular weight excluding hydrogens is 288 g/mol. The van der Waals surface area contributed by atoms with E-state index in [0.29, 0.717) is 17.8 Å². The molecule has 1 N–H and O–H groups in total. The molecule has 2 aliphatic rings. The SMILES string of the molecule is CN(C(=O)c1ccn(C2CCCNC2)n1)C1CCCCCCC1. The van der Waals surface area contributed by atoms with Gasteiger partial charge in [-0.25, -0.2) is 0 Å². The second-order valence-corrected chi connectivity index (χ2v) is 7.10. The van der Waals surface area contributed by atoms with Gasteiger partial charge >= 0.3 is 0 Å². The number of aromatic nitrogens is 2. The van der Waals surface area contributed by atoms with E-state index in [1.165, 1.54) is 38.5 Å². The zero-order valence-electron chi connectivity index (χ0n) is 14.3. The first kappa shape index (κ1) is 16.5. The Labute approximate surface area is 139 Å². The van der Waals surface area contributed by atoms with Crippen LogP contribution in [0.5, 0.6) is 0 Å². The molecule has 2 heterocycles. The van der Waals surface area contributed by atoms with Gasteiger partial charge in [0.05, 0.1) is 6.04 Å². The van der Waals surface area contributed by atoms with E-state index in [1.807, 2.05) is 28.9 Å². The zero-order chi connectivity index (χ0) is 16.1. The lowest BCUT2D eigenvalue weighted by atomic mass is 9.96. The fourth-order valence-corrected chi connectivity index (χ4v) is 3.88. The third-order valence-electron chi connectivity index (χ3n) is 5.42. The number of piperidine rings is 1. The summed E-state index contributed by atoms with van der Waals surface area (Å²) in [6.45, 7) is 2.04. The van der Waals surface area contributed by atoms with Crippen LogP contribution in [0.25, 0.3) is 0 Å². The van der Waals surface area contributed by atoms with E-state index in [0.717, 1.165) is 32.4 Å². The average Bonchev–Trinajstić information content (AvgIpc) is 3.04. The topological polar surface area (TPSA) is 50.2 Å². The van der Waals surface area contributed by atoms with Gasteiger partial charge in [0.15, 0.2) is 0 Å². The Kier molecular flexibility index (Phi) is 5.70. The summed E-state index contributed by atoms with van der Waals surface area (Å²) in [7, 11) is 1.95. The molecular formula is C18H30N4O. The van der Waals surface area contributed by atoms with E-state index >= 15 is 0 Å². The van der Waals surface area contributed by atoms with Gasteiger partial charge in [-0.2, -0.15) is 5.10 Å². The number of hydrogen-bond acceptors (Lipinski definition) is 3. The van der Waals surface area contributed by atoms with Crippen molar-refractivity contribution in [1.29, 1.82) is 0 Å². The molecule has 1 aromatic heterocycles. The van der Waals surface area contributed by atoms with Crippen molar-refractivity contribution in [2.24, 2.45) is 0 Å². The van der Waals surface area contributed by atoms with Gasteiger partial charge in [-0.05, 0) is 38.3 Å². The number of carbonyl (C=O) groups is 1. The lowest BCUT2D eigenvalue weighted by Gasteiger charge is -2.29. The predicted molar refractivity (Wildman–Crippen MR) is 91.6 cm³/mol. The molecule has 1 atom stereocenters. The van der Waals surface area contributed by atoms with Gasteiger partial charge in [0, 0.05) is 25.8 Å². The van der Waals surface area contributed by atoms with E-state index in [-0.39, 0.29) is 5.91 Å². The van der Waals surface area contributed by atoms with Gasteiger partial charge < -0.3 is 10.2 Å². The highest BCUT2D eigenvalue weighted by Crippen LogP contribution is 2.22. The predicted octanol–water partition coefficient (Wildman–Crippen LogP) is 2.99. The maximum Gasteiger partial charge on any atom is 0.274 e. The molecule has 1 unspecified atom stereocenters. The summed E-state index contributed by atoms with van der Waals surface area (Å²) in [5.41, 5.74) is 0.597. The van der Waals surface area contributed by atoms with Gasteiger partial charge in [0.2, 0.25) is 0 Å². The monoisotopic (exact) mass is 318 g/mol. The van der Waals surface area contributed by atoms with Gasteiger partial charge in [0.25, 0.3) is 5.91 Å². The van der Waals surface area contributed by atoms with Crippen LogP contribution in [0, 0.1) is 0 Å². The molecule has 3 rings (SSSR count). The summed E-state index contributed by atoms with van der Waals surface area (Å²) < 4.78 is 1.98. The molecule has 1 amide bonds. The minimum absolute atomic E-state index is 0.0816. The third kappa shape index (κ3) is 4.14. The van der Waals surface area contributed by atoms with Crippen molar-refractivity contribution in [3.63, 3.8) is 0 Å². The minimum atomic E-state index is 0.0816. The zero-order valence-corrected chi connectivity index (χ0v) is 14.3. The molecule has 1 saturated heterocycles. The van der Waals surface area contributed by atoms with Crippen LogP contribution in [0.2, 0.25) is 0 Å². The van der Waals surface area contributed by atoms with Crippen LogP contribution < -0.4 is 5.32 Å². The van der Waals surface area contributed by atoms with E-state index in [4.69, 9.17) is 0 Å². The second-order valence-electron chi connectivity index (χ2n) is 7.10. The van der Waals surface area contributed by atoms with Crippen LogP contribution in [0.3, 0.4) is 0 Å². The summed E-state index contributed by atoms with van der Waals surface area (Å²) in [5.74, 6) is 0.0816. The first-order valence-electron chi connectivity index (χ1n) is 9.29. The molecule has 0 radical (unpaired) electrons. The number of rotatable bonds is 3. The van der Waals surface area contributed by atoms with Crippen LogP contribution >= 0.6 is 0 Å². The number of carbonyl (C=O) groups excluding carboxylic acids is 1. The molecule has 1 aliphatic carbocycles. The van der Waals surface area contributed by atoms with Crippen molar-refractivity contribution >= 4 is 5.91 Å². The summed E-state index contributed by atoms with van der Waals surface area (Å²) >= 11 is 0. The number of nitrogens with zero attached hydrogens (tertiary/aromatic N) is 3. The normalized spacial score (nSPS) is 24.0. The summed E-state index contributed by atoms with van der Waals surface area (Å²) in [4.78, 5) is 14.7. The first-order chi connectivity index (χ1) is 11.3. The largest absolute Gasteiger partial charge is 0.337 e. The van der Waals surface area contributed by atoms with E-state index in [1.54, 1.807) is 0 Å². The Morgan fingerprint density at radius 1 is 1.17 bits per heavy atom. The molecule has 1 saturated carbocycles. The fraction of sp³-hybridized carbons (Fsp3) is 0.778. The van der Waals surface area contributed by atoms with Crippen LogP contribution in [0.1, 0.15) is 74.3 Å². The minimum Gasteiger partial charge on any atom is -0.337 e. The summed E-state index contributed by atoms with van der Waals surface area (Å²) in [6.07, 6.45) is 13.0. The smallest absolute Gasteiger partial charge is 0.274 e. The third-order valence-corrected chi connectivity index (χ3v) is 5.42.